The Morgan fingerprint density at radius 1 is 1.10 bits per heavy atom. The molecule has 1 aliphatic heterocycles. The molecule has 29 heavy (non-hydrogen) atoms. The van der Waals surface area contributed by atoms with Gasteiger partial charge in [0.25, 0.3) is 5.91 Å². The molecule has 0 spiro atoms. The molecule has 0 saturated heterocycles. The highest BCUT2D eigenvalue weighted by Crippen LogP contribution is 2.32. The van der Waals surface area contributed by atoms with Crippen molar-refractivity contribution in [3.63, 3.8) is 0 Å². The first-order chi connectivity index (χ1) is 14.0. The second kappa shape index (κ2) is 7.78. The summed E-state index contributed by atoms with van der Waals surface area (Å²) in [5.41, 5.74) is 3.25. The summed E-state index contributed by atoms with van der Waals surface area (Å²) in [6.07, 6.45) is 0.0170. The first kappa shape index (κ1) is 18.7. The van der Waals surface area contributed by atoms with Crippen LogP contribution in [0.5, 0.6) is 0 Å². The van der Waals surface area contributed by atoms with E-state index in [0.29, 0.717) is 33.8 Å². The molecule has 0 radical (unpaired) electrons. The lowest BCUT2D eigenvalue weighted by Crippen LogP contribution is -2.23. The SMILES string of the molecule is N#Cc1ccccc1NC(=O)c1ccc2c(c1)CC(c1ccc(Cl)cc1)OC2=O. The number of halogens is 1. The van der Waals surface area contributed by atoms with Gasteiger partial charge in [0.15, 0.2) is 0 Å². The Morgan fingerprint density at radius 2 is 1.86 bits per heavy atom. The maximum Gasteiger partial charge on any atom is 0.339 e. The number of nitrogens with one attached hydrogen (secondary N) is 1. The first-order valence-corrected chi connectivity index (χ1v) is 9.33. The van der Waals surface area contributed by atoms with Gasteiger partial charge in [0.2, 0.25) is 0 Å². The highest BCUT2D eigenvalue weighted by Gasteiger charge is 2.28. The number of anilines is 1. The highest BCUT2D eigenvalue weighted by molar-refractivity contribution is 6.30. The fraction of sp³-hybridized carbons (Fsp3) is 0.0870. The zero-order valence-corrected chi connectivity index (χ0v) is 15.9. The van der Waals surface area contributed by atoms with Crippen LogP contribution in [0.2, 0.25) is 5.02 Å². The van der Waals surface area contributed by atoms with Gasteiger partial charge in [-0.2, -0.15) is 5.26 Å². The van der Waals surface area contributed by atoms with Crippen molar-refractivity contribution in [2.75, 3.05) is 5.32 Å². The van der Waals surface area contributed by atoms with Crippen LogP contribution in [0, 0.1) is 11.3 Å². The maximum atomic E-state index is 12.7. The largest absolute Gasteiger partial charge is 0.454 e. The van der Waals surface area contributed by atoms with E-state index in [1.807, 2.05) is 12.1 Å². The Balaban J connectivity index is 1.60. The van der Waals surface area contributed by atoms with E-state index < -0.39 is 12.1 Å². The Labute approximate surface area is 172 Å². The quantitative estimate of drug-likeness (QED) is 0.631. The van der Waals surface area contributed by atoms with Gasteiger partial charge >= 0.3 is 5.97 Å². The molecule has 0 bridgehead atoms. The van der Waals surface area contributed by atoms with Crippen LogP contribution in [-0.2, 0) is 11.2 Å². The molecule has 5 nitrogen and oxygen atoms in total. The standard InChI is InChI=1S/C23H15ClN2O3/c24-18-8-5-14(6-9-18)21-12-17-11-15(7-10-19(17)23(28)29-21)22(27)26-20-4-2-1-3-16(20)13-25/h1-11,21H,12H2,(H,26,27). The molecule has 1 heterocycles. The number of cyclic esters (lactones) is 1. The molecular weight excluding hydrogens is 388 g/mol. The Morgan fingerprint density at radius 3 is 2.62 bits per heavy atom. The summed E-state index contributed by atoms with van der Waals surface area (Å²) in [4.78, 5) is 25.1. The van der Waals surface area contributed by atoms with Gasteiger partial charge in [-0.1, -0.05) is 35.9 Å². The van der Waals surface area contributed by atoms with Crippen molar-refractivity contribution in [3.8, 4) is 6.07 Å². The minimum absolute atomic E-state index is 0.350. The Bertz CT molecular complexity index is 1150. The average Bonchev–Trinajstić information content (AvgIpc) is 2.74. The molecule has 4 rings (SSSR count). The fourth-order valence-electron chi connectivity index (χ4n) is 3.28. The summed E-state index contributed by atoms with van der Waals surface area (Å²) in [6.45, 7) is 0. The number of esters is 1. The van der Waals surface area contributed by atoms with Gasteiger partial charge in [-0.3, -0.25) is 4.79 Å². The van der Waals surface area contributed by atoms with Crippen molar-refractivity contribution in [2.24, 2.45) is 0 Å². The number of benzene rings is 3. The van der Waals surface area contributed by atoms with E-state index in [-0.39, 0.29) is 5.91 Å². The third-order valence-electron chi connectivity index (χ3n) is 4.78. The molecule has 6 heteroatoms. The van der Waals surface area contributed by atoms with E-state index in [9.17, 15) is 14.9 Å². The topological polar surface area (TPSA) is 79.2 Å². The summed E-state index contributed by atoms with van der Waals surface area (Å²) in [6, 6.07) is 20.8. The lowest BCUT2D eigenvalue weighted by molar-refractivity contribution is 0.0252. The van der Waals surface area contributed by atoms with Crippen LogP contribution in [0.4, 0.5) is 5.69 Å². The second-order valence-corrected chi connectivity index (χ2v) is 7.07. The van der Waals surface area contributed by atoms with Gasteiger partial charge in [-0.15, -0.1) is 0 Å². The lowest BCUT2D eigenvalue weighted by atomic mass is 9.93. The van der Waals surface area contributed by atoms with E-state index in [4.69, 9.17) is 16.3 Å². The van der Waals surface area contributed by atoms with E-state index in [0.717, 1.165) is 11.1 Å². The van der Waals surface area contributed by atoms with Crippen molar-refractivity contribution in [3.05, 3.63) is 99.6 Å². The molecule has 0 aromatic heterocycles. The van der Waals surface area contributed by atoms with Gasteiger partial charge in [0.1, 0.15) is 12.2 Å². The number of fused-ring (bicyclic) bond motifs is 1. The van der Waals surface area contributed by atoms with Crippen LogP contribution >= 0.6 is 11.6 Å². The number of carbonyl (C=O) groups excluding carboxylic acids is 2. The highest BCUT2D eigenvalue weighted by atomic mass is 35.5. The number of rotatable bonds is 3. The van der Waals surface area contributed by atoms with Gasteiger partial charge in [-0.05, 0) is 53.6 Å². The monoisotopic (exact) mass is 402 g/mol. The maximum absolute atomic E-state index is 12.7. The van der Waals surface area contributed by atoms with Crippen molar-refractivity contribution in [1.82, 2.24) is 0 Å². The number of carbonyl (C=O) groups is 2. The number of amides is 1. The van der Waals surface area contributed by atoms with Crippen molar-refractivity contribution in [2.45, 2.75) is 12.5 Å². The second-order valence-electron chi connectivity index (χ2n) is 6.63. The zero-order valence-electron chi connectivity index (χ0n) is 15.2. The smallest absolute Gasteiger partial charge is 0.339 e. The van der Waals surface area contributed by atoms with E-state index in [1.54, 1.807) is 54.6 Å². The number of hydrogen-bond donors (Lipinski definition) is 1. The van der Waals surface area contributed by atoms with E-state index in [1.165, 1.54) is 0 Å². The molecule has 0 saturated carbocycles. The molecule has 1 atom stereocenters. The zero-order chi connectivity index (χ0) is 20.4. The van der Waals surface area contributed by atoms with E-state index in [2.05, 4.69) is 11.4 Å². The molecular formula is C23H15ClN2O3. The van der Waals surface area contributed by atoms with Crippen LogP contribution in [0.1, 0.15) is 43.5 Å². The molecule has 1 aliphatic rings. The van der Waals surface area contributed by atoms with Crippen LogP contribution in [0.15, 0.2) is 66.7 Å². The number of nitrogens with zero attached hydrogens (tertiary/aromatic N) is 1. The summed E-state index contributed by atoms with van der Waals surface area (Å²) in [7, 11) is 0. The number of ether oxygens (including phenoxy) is 1. The first-order valence-electron chi connectivity index (χ1n) is 8.95. The predicted octanol–water partition coefficient (Wildman–Crippen LogP) is 4.92. The summed E-state index contributed by atoms with van der Waals surface area (Å²) in [5, 5.41) is 12.5. The lowest BCUT2D eigenvalue weighted by Gasteiger charge is -2.25. The normalized spacial score (nSPS) is 15.0. The van der Waals surface area contributed by atoms with Gasteiger partial charge < -0.3 is 10.1 Å². The van der Waals surface area contributed by atoms with Crippen molar-refractivity contribution in [1.29, 1.82) is 5.26 Å². The van der Waals surface area contributed by atoms with Gasteiger partial charge in [-0.25, -0.2) is 4.79 Å². The molecule has 142 valence electrons. The van der Waals surface area contributed by atoms with Crippen LogP contribution < -0.4 is 5.32 Å². The van der Waals surface area contributed by atoms with Crippen LogP contribution in [-0.4, -0.2) is 11.9 Å². The van der Waals surface area contributed by atoms with Crippen molar-refractivity contribution >= 4 is 29.2 Å². The average molecular weight is 403 g/mol. The third kappa shape index (κ3) is 3.84. The van der Waals surface area contributed by atoms with Gasteiger partial charge in [0, 0.05) is 17.0 Å². The summed E-state index contributed by atoms with van der Waals surface area (Å²) < 4.78 is 5.55. The number of hydrogen-bond acceptors (Lipinski definition) is 4. The van der Waals surface area contributed by atoms with Crippen LogP contribution in [0.3, 0.4) is 0 Å². The Hall–Kier alpha value is -3.62. The molecule has 0 aliphatic carbocycles. The molecule has 0 fully saturated rings. The summed E-state index contributed by atoms with van der Waals surface area (Å²) >= 11 is 5.93. The summed E-state index contributed by atoms with van der Waals surface area (Å²) in [5.74, 6) is -0.773. The number of nitriles is 1. The molecule has 3 aromatic rings. The van der Waals surface area contributed by atoms with Gasteiger partial charge in [0.05, 0.1) is 16.8 Å². The third-order valence-corrected chi connectivity index (χ3v) is 5.03. The van der Waals surface area contributed by atoms with Crippen LogP contribution in [0.25, 0.3) is 0 Å². The molecule has 1 amide bonds. The Kier molecular flexibility index (Phi) is 5.03. The molecule has 1 N–H and O–H groups in total. The van der Waals surface area contributed by atoms with Crippen molar-refractivity contribution < 1.29 is 14.3 Å². The minimum Gasteiger partial charge on any atom is -0.454 e. The predicted molar refractivity (Wildman–Crippen MR) is 109 cm³/mol. The van der Waals surface area contributed by atoms with E-state index >= 15 is 0 Å². The fourth-order valence-corrected chi connectivity index (χ4v) is 3.41. The molecule has 3 aromatic carbocycles. The molecule has 1 unspecified atom stereocenters. The minimum atomic E-state index is -0.440. The number of para-hydroxylation sites is 1.